The minimum atomic E-state index is 0.576. The molecule has 6 heteroatoms. The number of hydrogen-bond donors (Lipinski definition) is 1. The lowest BCUT2D eigenvalue weighted by Crippen LogP contribution is -2.23. The molecule has 0 fully saturated rings. The molecule has 0 saturated heterocycles. The van der Waals surface area contributed by atoms with E-state index < -0.39 is 0 Å². The van der Waals surface area contributed by atoms with Crippen LogP contribution in [0.1, 0.15) is 20.3 Å². The van der Waals surface area contributed by atoms with Crippen molar-refractivity contribution in [3.63, 3.8) is 0 Å². The number of nitrogens with zero attached hydrogens (tertiary/aromatic N) is 3. The van der Waals surface area contributed by atoms with E-state index in [9.17, 15) is 0 Å². The Morgan fingerprint density at radius 2 is 2.12 bits per heavy atom. The van der Waals surface area contributed by atoms with Crippen LogP contribution in [0.5, 0.6) is 0 Å². The number of anilines is 1. The van der Waals surface area contributed by atoms with Crippen LogP contribution >= 0.6 is 23.1 Å². The van der Waals surface area contributed by atoms with Crippen LogP contribution in [-0.4, -0.2) is 42.6 Å². The number of aromatic nitrogens is 2. The normalized spacial score (nSPS) is 11.1. The van der Waals surface area contributed by atoms with Gasteiger partial charge in [-0.05, 0) is 13.0 Å². The van der Waals surface area contributed by atoms with E-state index in [2.05, 4.69) is 29.4 Å². The summed E-state index contributed by atoms with van der Waals surface area (Å²) >= 11 is 3.44. The Balaban J connectivity index is 2.17. The zero-order valence-electron chi connectivity index (χ0n) is 10.4. The van der Waals surface area contributed by atoms with Gasteiger partial charge in [-0.1, -0.05) is 36.9 Å². The third-order valence-corrected chi connectivity index (χ3v) is 4.19. The average molecular weight is 260 g/mol. The van der Waals surface area contributed by atoms with E-state index in [0.717, 1.165) is 21.8 Å². The Hall–Kier alpha value is -0.330. The molecule has 0 aromatic carbocycles. The van der Waals surface area contributed by atoms with Crippen LogP contribution < -0.4 is 10.2 Å². The molecule has 1 aromatic rings. The molecule has 0 bridgehead atoms. The molecule has 0 atom stereocenters. The summed E-state index contributed by atoms with van der Waals surface area (Å²) < 4.78 is 1.06. The lowest BCUT2D eigenvalue weighted by Gasteiger charge is -2.06. The first-order valence-electron chi connectivity index (χ1n) is 5.46. The lowest BCUT2D eigenvalue weighted by atomic mass is 10.4. The largest absolute Gasteiger partial charge is 0.353 e. The molecule has 16 heavy (non-hydrogen) atoms. The van der Waals surface area contributed by atoms with Gasteiger partial charge in [-0.15, -0.1) is 10.2 Å². The molecule has 0 aliphatic heterocycles. The highest BCUT2D eigenvalue weighted by molar-refractivity contribution is 8.01. The topological polar surface area (TPSA) is 41.1 Å². The summed E-state index contributed by atoms with van der Waals surface area (Å²) in [6.45, 7) is 5.41. The predicted octanol–water partition coefficient (Wildman–Crippen LogP) is 2.08. The second-order valence-corrected chi connectivity index (χ2v) is 6.35. The highest BCUT2D eigenvalue weighted by Gasteiger charge is 2.05. The fraction of sp³-hybridized carbons (Fsp3) is 0.800. The molecule has 0 amide bonds. The highest BCUT2D eigenvalue weighted by atomic mass is 32.2. The van der Waals surface area contributed by atoms with Crippen LogP contribution in [0.15, 0.2) is 4.34 Å². The Morgan fingerprint density at radius 3 is 2.69 bits per heavy atom. The summed E-state index contributed by atoms with van der Waals surface area (Å²) in [5.74, 6) is 1.10. The molecule has 1 rings (SSSR count). The number of rotatable bonds is 7. The third-order valence-electron chi connectivity index (χ3n) is 1.88. The van der Waals surface area contributed by atoms with Crippen molar-refractivity contribution in [2.24, 2.45) is 0 Å². The van der Waals surface area contributed by atoms with Crippen molar-refractivity contribution in [3.05, 3.63) is 0 Å². The first kappa shape index (κ1) is 13.7. The molecule has 0 aliphatic carbocycles. The van der Waals surface area contributed by atoms with Crippen molar-refractivity contribution < 1.29 is 0 Å². The van der Waals surface area contributed by atoms with Crippen molar-refractivity contribution in [3.8, 4) is 0 Å². The minimum absolute atomic E-state index is 0.576. The fourth-order valence-corrected chi connectivity index (χ4v) is 2.84. The van der Waals surface area contributed by atoms with Crippen molar-refractivity contribution in [1.29, 1.82) is 0 Å². The molecule has 0 radical (unpaired) electrons. The van der Waals surface area contributed by atoms with Crippen LogP contribution in [-0.2, 0) is 0 Å². The Kier molecular flexibility index (Phi) is 6.08. The fourth-order valence-electron chi connectivity index (χ4n) is 1.06. The Morgan fingerprint density at radius 1 is 1.38 bits per heavy atom. The molecule has 92 valence electrons. The average Bonchev–Trinajstić information content (AvgIpc) is 2.65. The Bertz CT molecular complexity index is 299. The van der Waals surface area contributed by atoms with Gasteiger partial charge in [0.15, 0.2) is 4.34 Å². The van der Waals surface area contributed by atoms with E-state index in [1.165, 1.54) is 6.42 Å². The SMILES string of the molecule is CC(C)NCCCSc1nnc(N(C)C)s1. The summed E-state index contributed by atoms with van der Waals surface area (Å²) in [5, 5.41) is 12.6. The van der Waals surface area contributed by atoms with Gasteiger partial charge in [-0.3, -0.25) is 0 Å². The van der Waals surface area contributed by atoms with Crippen molar-refractivity contribution >= 4 is 28.2 Å². The maximum absolute atomic E-state index is 4.14. The lowest BCUT2D eigenvalue weighted by molar-refractivity contribution is 0.586. The van der Waals surface area contributed by atoms with Crippen molar-refractivity contribution in [1.82, 2.24) is 15.5 Å². The number of nitrogens with one attached hydrogen (secondary N) is 1. The molecule has 0 aliphatic rings. The van der Waals surface area contributed by atoms with Crippen molar-refractivity contribution in [2.45, 2.75) is 30.6 Å². The second kappa shape index (κ2) is 7.09. The first-order chi connectivity index (χ1) is 7.59. The molecular formula is C10H20N4S2. The van der Waals surface area contributed by atoms with E-state index in [1.807, 2.05) is 19.0 Å². The molecular weight excluding hydrogens is 240 g/mol. The van der Waals surface area contributed by atoms with E-state index in [1.54, 1.807) is 23.1 Å². The van der Waals surface area contributed by atoms with E-state index in [0.29, 0.717) is 6.04 Å². The molecule has 1 N–H and O–H groups in total. The third kappa shape index (κ3) is 5.14. The summed E-state index contributed by atoms with van der Waals surface area (Å²) in [4.78, 5) is 1.99. The quantitative estimate of drug-likeness (QED) is 0.600. The first-order valence-corrected chi connectivity index (χ1v) is 7.27. The van der Waals surface area contributed by atoms with Crippen LogP contribution in [0.25, 0.3) is 0 Å². The standard InChI is InChI=1S/C10H20N4S2/c1-8(2)11-6-5-7-15-10-13-12-9(16-10)14(3)4/h8,11H,5-7H2,1-4H3. The van der Waals surface area contributed by atoms with E-state index >= 15 is 0 Å². The van der Waals surface area contributed by atoms with Crippen LogP contribution in [0.4, 0.5) is 5.13 Å². The molecule has 1 aromatic heterocycles. The predicted molar refractivity (Wildman–Crippen MR) is 72.7 cm³/mol. The van der Waals surface area contributed by atoms with Crippen LogP contribution in [0.3, 0.4) is 0 Å². The zero-order valence-corrected chi connectivity index (χ0v) is 12.0. The van der Waals surface area contributed by atoms with E-state index in [-0.39, 0.29) is 0 Å². The summed E-state index contributed by atoms with van der Waals surface area (Å²) in [5.41, 5.74) is 0. The maximum Gasteiger partial charge on any atom is 0.208 e. The van der Waals surface area contributed by atoms with Gasteiger partial charge in [0, 0.05) is 25.9 Å². The maximum atomic E-state index is 4.14. The highest BCUT2D eigenvalue weighted by Crippen LogP contribution is 2.26. The van der Waals surface area contributed by atoms with Gasteiger partial charge in [0.05, 0.1) is 0 Å². The van der Waals surface area contributed by atoms with Crippen LogP contribution in [0.2, 0.25) is 0 Å². The molecule has 0 saturated carbocycles. The van der Waals surface area contributed by atoms with Gasteiger partial charge in [0.2, 0.25) is 5.13 Å². The van der Waals surface area contributed by atoms with Gasteiger partial charge < -0.3 is 10.2 Å². The smallest absolute Gasteiger partial charge is 0.208 e. The van der Waals surface area contributed by atoms with Gasteiger partial charge in [0.25, 0.3) is 0 Å². The summed E-state index contributed by atoms with van der Waals surface area (Å²) in [6, 6.07) is 0.576. The minimum Gasteiger partial charge on any atom is -0.353 e. The zero-order chi connectivity index (χ0) is 12.0. The number of thioether (sulfide) groups is 1. The summed E-state index contributed by atoms with van der Waals surface area (Å²) in [6.07, 6.45) is 1.17. The van der Waals surface area contributed by atoms with Gasteiger partial charge >= 0.3 is 0 Å². The molecule has 4 nitrogen and oxygen atoms in total. The van der Waals surface area contributed by atoms with E-state index in [4.69, 9.17) is 0 Å². The molecule has 1 heterocycles. The second-order valence-electron chi connectivity index (χ2n) is 4.06. The summed E-state index contributed by atoms with van der Waals surface area (Å²) in [7, 11) is 3.98. The van der Waals surface area contributed by atoms with Crippen molar-refractivity contribution in [2.75, 3.05) is 31.3 Å². The Labute approximate surface area is 106 Å². The van der Waals surface area contributed by atoms with Gasteiger partial charge in [-0.2, -0.15) is 0 Å². The number of hydrogen-bond acceptors (Lipinski definition) is 6. The van der Waals surface area contributed by atoms with Gasteiger partial charge in [-0.25, -0.2) is 0 Å². The van der Waals surface area contributed by atoms with Crippen LogP contribution in [0, 0.1) is 0 Å². The monoisotopic (exact) mass is 260 g/mol. The molecule has 0 spiro atoms. The van der Waals surface area contributed by atoms with Gasteiger partial charge in [0.1, 0.15) is 0 Å². The molecule has 0 unspecified atom stereocenters.